The number of aryl methyl sites for hydroxylation is 4. The number of hydrogen-bond donors (Lipinski definition) is 0. The van der Waals surface area contributed by atoms with Gasteiger partial charge in [-0.15, -0.1) is 11.3 Å². The highest BCUT2D eigenvalue weighted by molar-refractivity contribution is 7.98. The van der Waals surface area contributed by atoms with Crippen LogP contribution in [0.2, 0.25) is 0 Å². The Morgan fingerprint density at radius 2 is 1.90 bits per heavy atom. The first-order valence-corrected chi connectivity index (χ1v) is 11.3. The zero-order valence-corrected chi connectivity index (χ0v) is 18.5. The van der Waals surface area contributed by atoms with Gasteiger partial charge in [-0.25, -0.2) is 4.98 Å². The fraction of sp³-hybridized carbons (Fsp3) is 0.333. The highest BCUT2D eigenvalue weighted by atomic mass is 32.2. The van der Waals surface area contributed by atoms with Gasteiger partial charge in [-0.1, -0.05) is 53.7 Å². The molecule has 0 aliphatic carbocycles. The molecule has 0 radical (unpaired) electrons. The quantitative estimate of drug-likeness (QED) is 0.329. The summed E-state index contributed by atoms with van der Waals surface area (Å²) >= 11 is 3.07. The Morgan fingerprint density at radius 1 is 1.14 bits per heavy atom. The van der Waals surface area contributed by atoms with Gasteiger partial charge in [0, 0.05) is 11.8 Å². The molecule has 0 spiro atoms. The van der Waals surface area contributed by atoms with E-state index in [0.29, 0.717) is 29.2 Å². The number of thiophene rings is 1. The monoisotopic (exact) mass is 426 g/mol. The van der Waals surface area contributed by atoms with E-state index in [1.807, 2.05) is 6.92 Å². The van der Waals surface area contributed by atoms with Crippen molar-refractivity contribution in [3.63, 3.8) is 0 Å². The summed E-state index contributed by atoms with van der Waals surface area (Å²) in [6.07, 6.45) is 0.898. The maximum Gasteiger partial charge on any atom is 0.263 e. The summed E-state index contributed by atoms with van der Waals surface area (Å²) in [7, 11) is 0. The number of benzene rings is 1. The van der Waals surface area contributed by atoms with Crippen LogP contribution in [0.3, 0.4) is 0 Å². The second kappa shape index (κ2) is 8.12. The summed E-state index contributed by atoms with van der Waals surface area (Å²) < 4.78 is 6.82. The van der Waals surface area contributed by atoms with Gasteiger partial charge >= 0.3 is 0 Å². The van der Waals surface area contributed by atoms with E-state index in [1.54, 1.807) is 22.8 Å². The van der Waals surface area contributed by atoms with E-state index in [4.69, 9.17) is 9.51 Å². The zero-order chi connectivity index (χ0) is 20.5. The van der Waals surface area contributed by atoms with Gasteiger partial charge in [-0.3, -0.25) is 9.36 Å². The number of aromatic nitrogens is 4. The molecule has 0 aliphatic rings. The molecule has 0 saturated carbocycles. The molecular formula is C21H22N4O2S2. The summed E-state index contributed by atoms with van der Waals surface area (Å²) in [6.45, 7) is 8.42. The van der Waals surface area contributed by atoms with Gasteiger partial charge in [-0.05, 0) is 31.4 Å². The lowest BCUT2D eigenvalue weighted by atomic mass is 10.1. The minimum Gasteiger partial charge on any atom is -0.340 e. The molecule has 4 rings (SSSR count). The summed E-state index contributed by atoms with van der Waals surface area (Å²) in [4.78, 5) is 24.6. The molecule has 1 aromatic carbocycles. The van der Waals surface area contributed by atoms with Crippen molar-refractivity contribution < 1.29 is 4.52 Å². The summed E-state index contributed by atoms with van der Waals surface area (Å²) in [5.74, 6) is 1.62. The second-order valence-electron chi connectivity index (χ2n) is 6.97. The highest BCUT2D eigenvalue weighted by Gasteiger charge is 2.18. The standard InChI is InChI=1S/C21H22N4O2S2/c1-5-16-13(3)18-19(29-16)23-21(28-11-17-22-14(4)27-24-17)25(20(18)26)10-15-8-6-12(2)7-9-15/h6-9H,5,10-11H2,1-4H3. The van der Waals surface area contributed by atoms with Gasteiger partial charge in [0.25, 0.3) is 5.56 Å². The molecule has 150 valence electrons. The molecule has 4 aromatic rings. The first-order valence-electron chi connectivity index (χ1n) is 9.46. The van der Waals surface area contributed by atoms with Crippen molar-refractivity contribution in [2.75, 3.05) is 0 Å². The third-order valence-electron chi connectivity index (χ3n) is 4.80. The van der Waals surface area contributed by atoms with Gasteiger partial charge < -0.3 is 4.52 Å². The van der Waals surface area contributed by atoms with Crippen LogP contribution in [0.25, 0.3) is 10.2 Å². The zero-order valence-electron chi connectivity index (χ0n) is 16.9. The Balaban J connectivity index is 1.79. The third-order valence-corrected chi connectivity index (χ3v) is 7.10. The highest BCUT2D eigenvalue weighted by Crippen LogP contribution is 2.30. The van der Waals surface area contributed by atoms with Gasteiger partial charge in [0.1, 0.15) is 4.83 Å². The Morgan fingerprint density at radius 3 is 2.55 bits per heavy atom. The minimum atomic E-state index is 0.0100. The van der Waals surface area contributed by atoms with E-state index in [2.05, 4.69) is 48.3 Å². The Kier molecular flexibility index (Phi) is 5.56. The number of nitrogens with zero attached hydrogens (tertiary/aromatic N) is 4. The van der Waals surface area contributed by atoms with Crippen LogP contribution in [0.15, 0.2) is 38.7 Å². The number of rotatable bonds is 6. The fourth-order valence-corrected chi connectivity index (χ4v) is 5.24. The lowest BCUT2D eigenvalue weighted by molar-refractivity contribution is 0.389. The molecule has 0 unspecified atom stereocenters. The Bertz CT molecular complexity index is 1220. The minimum absolute atomic E-state index is 0.0100. The third kappa shape index (κ3) is 4.00. The van der Waals surface area contributed by atoms with E-state index in [-0.39, 0.29) is 5.56 Å². The maximum absolute atomic E-state index is 13.5. The predicted molar refractivity (Wildman–Crippen MR) is 117 cm³/mol. The maximum atomic E-state index is 13.5. The van der Waals surface area contributed by atoms with Crippen molar-refractivity contribution >= 4 is 33.3 Å². The van der Waals surface area contributed by atoms with Crippen LogP contribution in [0.5, 0.6) is 0 Å². The number of hydrogen-bond acceptors (Lipinski definition) is 7. The molecule has 0 aliphatic heterocycles. The van der Waals surface area contributed by atoms with Crippen LogP contribution in [-0.2, 0) is 18.7 Å². The lowest BCUT2D eigenvalue weighted by Crippen LogP contribution is -2.24. The Labute approximate surface area is 177 Å². The molecular weight excluding hydrogens is 404 g/mol. The van der Waals surface area contributed by atoms with Gasteiger partial charge in [0.05, 0.1) is 17.7 Å². The Hall–Kier alpha value is -2.45. The van der Waals surface area contributed by atoms with Gasteiger partial charge in [0.2, 0.25) is 5.89 Å². The summed E-state index contributed by atoms with van der Waals surface area (Å²) in [6, 6.07) is 8.24. The molecule has 3 aromatic heterocycles. The van der Waals surface area contributed by atoms with Crippen LogP contribution in [-0.4, -0.2) is 19.7 Å². The predicted octanol–water partition coefficient (Wildman–Crippen LogP) is 4.67. The van der Waals surface area contributed by atoms with Crippen LogP contribution < -0.4 is 5.56 Å². The van der Waals surface area contributed by atoms with E-state index >= 15 is 0 Å². The van der Waals surface area contributed by atoms with Crippen LogP contribution in [0.4, 0.5) is 0 Å². The second-order valence-corrected chi connectivity index (χ2v) is 9.00. The first-order chi connectivity index (χ1) is 14.0. The summed E-state index contributed by atoms with van der Waals surface area (Å²) in [5, 5.41) is 5.36. The fourth-order valence-electron chi connectivity index (χ4n) is 3.24. The first kappa shape index (κ1) is 19.8. The van der Waals surface area contributed by atoms with Crippen molar-refractivity contribution in [3.8, 4) is 0 Å². The average molecular weight is 427 g/mol. The molecule has 8 heteroatoms. The molecule has 3 heterocycles. The normalized spacial score (nSPS) is 11.4. The molecule has 29 heavy (non-hydrogen) atoms. The van der Waals surface area contributed by atoms with Crippen molar-refractivity contribution in [1.82, 2.24) is 19.7 Å². The van der Waals surface area contributed by atoms with Crippen molar-refractivity contribution in [2.24, 2.45) is 0 Å². The van der Waals surface area contributed by atoms with Crippen LogP contribution in [0.1, 0.15) is 40.2 Å². The molecule has 0 N–H and O–H groups in total. The lowest BCUT2D eigenvalue weighted by Gasteiger charge is -2.12. The summed E-state index contributed by atoms with van der Waals surface area (Å²) in [5.41, 5.74) is 3.32. The van der Waals surface area contributed by atoms with E-state index in [0.717, 1.165) is 27.8 Å². The number of thioether (sulfide) groups is 1. The van der Waals surface area contributed by atoms with Crippen LogP contribution >= 0.6 is 23.1 Å². The SMILES string of the molecule is CCc1sc2nc(SCc3noc(C)n3)n(Cc3ccc(C)cc3)c(=O)c2c1C. The van der Waals surface area contributed by atoms with E-state index in [1.165, 1.54) is 22.2 Å². The molecule has 0 bridgehead atoms. The van der Waals surface area contributed by atoms with Crippen molar-refractivity contribution in [1.29, 1.82) is 0 Å². The van der Waals surface area contributed by atoms with E-state index in [9.17, 15) is 4.79 Å². The molecule has 0 amide bonds. The largest absolute Gasteiger partial charge is 0.340 e. The van der Waals surface area contributed by atoms with Gasteiger partial charge in [0.15, 0.2) is 11.0 Å². The van der Waals surface area contributed by atoms with E-state index < -0.39 is 0 Å². The molecule has 6 nitrogen and oxygen atoms in total. The number of fused-ring (bicyclic) bond motifs is 1. The van der Waals surface area contributed by atoms with Crippen molar-refractivity contribution in [2.45, 2.75) is 51.6 Å². The average Bonchev–Trinajstić information content (AvgIpc) is 3.26. The molecule has 0 saturated heterocycles. The molecule has 0 fully saturated rings. The smallest absolute Gasteiger partial charge is 0.263 e. The van der Waals surface area contributed by atoms with Crippen molar-refractivity contribution in [3.05, 3.63) is 67.9 Å². The molecule has 0 atom stereocenters. The topological polar surface area (TPSA) is 73.8 Å². The van der Waals surface area contributed by atoms with Gasteiger partial charge in [-0.2, -0.15) is 4.98 Å². The van der Waals surface area contributed by atoms with Crippen LogP contribution in [0, 0.1) is 20.8 Å².